The van der Waals surface area contributed by atoms with Crippen LogP contribution in [0.15, 0.2) is 40.8 Å². The SMILES string of the molecule is O=C(c1ccc(-c2ccc(F)cc2)o1)N1CCC(C2OCCO2)CC1. The van der Waals surface area contributed by atoms with Gasteiger partial charge < -0.3 is 18.8 Å². The highest BCUT2D eigenvalue weighted by Gasteiger charge is 2.32. The zero-order valence-corrected chi connectivity index (χ0v) is 13.8. The number of carbonyl (C=O) groups is 1. The smallest absolute Gasteiger partial charge is 0.289 e. The Bertz CT molecular complexity index is 728. The van der Waals surface area contributed by atoms with Crippen LogP contribution in [0.1, 0.15) is 23.4 Å². The van der Waals surface area contributed by atoms with Crippen LogP contribution in [-0.4, -0.2) is 43.4 Å². The van der Waals surface area contributed by atoms with Crippen LogP contribution in [-0.2, 0) is 9.47 Å². The molecule has 4 rings (SSSR count). The first-order valence-electron chi connectivity index (χ1n) is 8.59. The quantitative estimate of drug-likeness (QED) is 0.856. The molecule has 1 amide bonds. The van der Waals surface area contributed by atoms with Crippen LogP contribution in [0.5, 0.6) is 0 Å². The number of amides is 1. The summed E-state index contributed by atoms with van der Waals surface area (Å²) in [5.74, 6) is 0.805. The second kappa shape index (κ2) is 6.98. The van der Waals surface area contributed by atoms with Gasteiger partial charge in [0.05, 0.1) is 13.2 Å². The molecule has 3 heterocycles. The summed E-state index contributed by atoms with van der Waals surface area (Å²) in [5.41, 5.74) is 0.745. The van der Waals surface area contributed by atoms with E-state index >= 15 is 0 Å². The van der Waals surface area contributed by atoms with Crippen molar-refractivity contribution >= 4 is 5.91 Å². The Hall–Kier alpha value is -2.18. The average molecular weight is 345 g/mol. The van der Waals surface area contributed by atoms with Gasteiger partial charge in [-0.3, -0.25) is 4.79 Å². The van der Waals surface area contributed by atoms with Crippen molar-refractivity contribution in [3.8, 4) is 11.3 Å². The van der Waals surface area contributed by atoms with Crippen molar-refractivity contribution in [2.75, 3.05) is 26.3 Å². The molecule has 25 heavy (non-hydrogen) atoms. The molecule has 6 heteroatoms. The fourth-order valence-electron chi connectivity index (χ4n) is 3.40. The van der Waals surface area contributed by atoms with Gasteiger partial charge in [0.1, 0.15) is 11.6 Å². The van der Waals surface area contributed by atoms with Gasteiger partial charge in [-0.25, -0.2) is 4.39 Å². The Labute approximate surface area is 145 Å². The van der Waals surface area contributed by atoms with Crippen LogP contribution in [0, 0.1) is 11.7 Å². The number of rotatable bonds is 3. The summed E-state index contributed by atoms with van der Waals surface area (Å²) in [7, 11) is 0. The third-order valence-electron chi connectivity index (χ3n) is 4.80. The third-order valence-corrected chi connectivity index (χ3v) is 4.80. The van der Waals surface area contributed by atoms with Gasteiger partial charge in [0.2, 0.25) is 0 Å². The van der Waals surface area contributed by atoms with Gasteiger partial charge in [-0.1, -0.05) is 0 Å². The normalized spacial score (nSPS) is 19.5. The molecule has 2 aliphatic rings. The van der Waals surface area contributed by atoms with E-state index in [9.17, 15) is 9.18 Å². The first-order valence-corrected chi connectivity index (χ1v) is 8.59. The molecule has 0 bridgehead atoms. The molecule has 0 atom stereocenters. The van der Waals surface area contributed by atoms with E-state index in [1.165, 1.54) is 12.1 Å². The van der Waals surface area contributed by atoms with Gasteiger partial charge in [0.25, 0.3) is 5.91 Å². The van der Waals surface area contributed by atoms with Crippen LogP contribution in [0.25, 0.3) is 11.3 Å². The molecular weight excluding hydrogens is 325 g/mol. The summed E-state index contributed by atoms with van der Waals surface area (Å²) in [5, 5.41) is 0. The molecule has 0 spiro atoms. The Morgan fingerprint density at radius 3 is 2.36 bits per heavy atom. The monoisotopic (exact) mass is 345 g/mol. The fourth-order valence-corrected chi connectivity index (χ4v) is 3.40. The first kappa shape index (κ1) is 16.3. The maximum atomic E-state index is 13.0. The van der Waals surface area contributed by atoms with E-state index in [0.717, 1.165) is 18.4 Å². The number of piperidine rings is 1. The minimum Gasteiger partial charge on any atom is -0.451 e. The number of ether oxygens (including phenoxy) is 2. The largest absolute Gasteiger partial charge is 0.451 e. The second-order valence-corrected chi connectivity index (χ2v) is 6.41. The fraction of sp³-hybridized carbons (Fsp3) is 0.421. The molecule has 2 aromatic rings. The highest BCUT2D eigenvalue weighted by molar-refractivity contribution is 5.92. The number of halogens is 1. The summed E-state index contributed by atoms with van der Waals surface area (Å²) in [6, 6.07) is 9.43. The van der Waals surface area contributed by atoms with Crippen molar-refractivity contribution in [1.82, 2.24) is 4.90 Å². The van der Waals surface area contributed by atoms with Crippen LogP contribution in [0.4, 0.5) is 4.39 Å². The number of nitrogens with zero attached hydrogens (tertiary/aromatic N) is 1. The second-order valence-electron chi connectivity index (χ2n) is 6.41. The predicted molar refractivity (Wildman–Crippen MR) is 88.4 cm³/mol. The van der Waals surface area contributed by atoms with E-state index in [0.29, 0.717) is 43.7 Å². The molecule has 2 fully saturated rings. The Kier molecular flexibility index (Phi) is 4.55. The van der Waals surface area contributed by atoms with E-state index in [4.69, 9.17) is 13.9 Å². The lowest BCUT2D eigenvalue weighted by atomic mass is 9.96. The Morgan fingerprint density at radius 1 is 1.00 bits per heavy atom. The number of benzene rings is 1. The lowest BCUT2D eigenvalue weighted by Gasteiger charge is -2.33. The Morgan fingerprint density at radius 2 is 1.68 bits per heavy atom. The molecule has 2 aliphatic heterocycles. The molecule has 2 saturated heterocycles. The maximum absolute atomic E-state index is 13.0. The van der Waals surface area contributed by atoms with E-state index in [1.54, 1.807) is 29.2 Å². The number of hydrogen-bond donors (Lipinski definition) is 0. The standard InChI is InChI=1S/C19H20FNO4/c20-15-3-1-13(2-4-15)16-5-6-17(25-16)18(22)21-9-7-14(8-10-21)19-23-11-12-24-19/h1-6,14,19H,7-12H2. The highest BCUT2D eigenvalue weighted by atomic mass is 19.1. The zero-order valence-electron chi connectivity index (χ0n) is 13.8. The molecule has 0 aliphatic carbocycles. The van der Waals surface area contributed by atoms with Crippen molar-refractivity contribution < 1.29 is 23.1 Å². The van der Waals surface area contributed by atoms with Gasteiger partial charge in [0, 0.05) is 24.6 Å². The number of hydrogen-bond acceptors (Lipinski definition) is 4. The number of likely N-dealkylation sites (tertiary alicyclic amines) is 1. The molecule has 1 aromatic heterocycles. The Balaban J connectivity index is 1.39. The summed E-state index contributed by atoms with van der Waals surface area (Å²) >= 11 is 0. The molecule has 132 valence electrons. The number of furan rings is 1. The maximum Gasteiger partial charge on any atom is 0.289 e. The van der Waals surface area contributed by atoms with Gasteiger partial charge >= 0.3 is 0 Å². The zero-order chi connectivity index (χ0) is 17.2. The lowest BCUT2D eigenvalue weighted by molar-refractivity contribution is -0.0956. The first-order chi connectivity index (χ1) is 12.2. The molecule has 1 aromatic carbocycles. The third kappa shape index (κ3) is 3.45. The molecule has 0 N–H and O–H groups in total. The van der Waals surface area contributed by atoms with Crippen LogP contribution >= 0.6 is 0 Å². The molecule has 0 saturated carbocycles. The lowest BCUT2D eigenvalue weighted by Crippen LogP contribution is -2.41. The summed E-state index contributed by atoms with van der Waals surface area (Å²) in [6.45, 7) is 2.64. The van der Waals surface area contributed by atoms with Gasteiger partial charge in [-0.05, 0) is 49.2 Å². The topological polar surface area (TPSA) is 51.9 Å². The molecule has 5 nitrogen and oxygen atoms in total. The van der Waals surface area contributed by atoms with Crippen LogP contribution < -0.4 is 0 Å². The van der Waals surface area contributed by atoms with E-state index in [1.807, 2.05) is 0 Å². The van der Waals surface area contributed by atoms with Crippen molar-refractivity contribution in [3.05, 3.63) is 48.0 Å². The molecule has 0 radical (unpaired) electrons. The van der Waals surface area contributed by atoms with Gasteiger partial charge in [-0.15, -0.1) is 0 Å². The predicted octanol–water partition coefficient (Wildman–Crippen LogP) is 3.31. The average Bonchev–Trinajstić information content (AvgIpc) is 3.34. The minimum absolute atomic E-state index is 0.111. The van der Waals surface area contributed by atoms with Crippen LogP contribution in [0.3, 0.4) is 0 Å². The van der Waals surface area contributed by atoms with Crippen molar-refractivity contribution in [2.24, 2.45) is 5.92 Å². The summed E-state index contributed by atoms with van der Waals surface area (Å²) < 4.78 is 29.8. The number of carbonyl (C=O) groups excluding carboxylic acids is 1. The van der Waals surface area contributed by atoms with Crippen LogP contribution in [0.2, 0.25) is 0 Å². The van der Waals surface area contributed by atoms with Crippen molar-refractivity contribution in [1.29, 1.82) is 0 Å². The van der Waals surface area contributed by atoms with E-state index in [-0.39, 0.29) is 18.0 Å². The van der Waals surface area contributed by atoms with Gasteiger partial charge in [-0.2, -0.15) is 0 Å². The van der Waals surface area contributed by atoms with E-state index < -0.39 is 0 Å². The highest BCUT2D eigenvalue weighted by Crippen LogP contribution is 2.28. The summed E-state index contributed by atoms with van der Waals surface area (Å²) in [4.78, 5) is 14.4. The molecular formula is C19H20FNO4. The van der Waals surface area contributed by atoms with E-state index in [2.05, 4.69) is 0 Å². The summed E-state index contributed by atoms with van der Waals surface area (Å²) in [6.07, 6.45) is 1.61. The van der Waals surface area contributed by atoms with Gasteiger partial charge in [0.15, 0.2) is 12.1 Å². The van der Waals surface area contributed by atoms with Crippen molar-refractivity contribution in [3.63, 3.8) is 0 Å². The minimum atomic E-state index is -0.301. The molecule has 0 unspecified atom stereocenters. The van der Waals surface area contributed by atoms with Crippen molar-refractivity contribution in [2.45, 2.75) is 19.1 Å².